The first-order chi connectivity index (χ1) is 7.29. The molecule has 0 heterocycles. The second-order valence-corrected chi connectivity index (χ2v) is 4.36. The number of carboxylic acids is 1. The van der Waals surface area contributed by atoms with Gasteiger partial charge in [-0.25, -0.2) is 9.18 Å². The van der Waals surface area contributed by atoms with Crippen molar-refractivity contribution in [2.24, 2.45) is 0 Å². The lowest BCUT2D eigenvalue weighted by molar-refractivity contribution is 0.0696. The number of hydrogen-bond acceptors (Lipinski definition) is 2. The zero-order valence-corrected chi connectivity index (χ0v) is 9.71. The minimum Gasteiger partial charge on any atom is -0.489 e. The maximum Gasteiger partial charge on any atom is 0.335 e. The van der Waals surface area contributed by atoms with E-state index in [4.69, 9.17) is 21.4 Å². The molecular formula is C11H12ClFO3. The lowest BCUT2D eigenvalue weighted by Gasteiger charge is -2.16. The molecule has 3 nitrogen and oxygen atoms in total. The van der Waals surface area contributed by atoms with E-state index in [2.05, 4.69) is 0 Å². The van der Waals surface area contributed by atoms with Crippen LogP contribution in [0.3, 0.4) is 0 Å². The average Bonchev–Trinajstić information content (AvgIpc) is 2.14. The standard InChI is InChI=1S/C11H12ClFO3/c1-11(2,13)6-16-9-4-3-7(10(14)15)5-8(9)12/h3-5H,6H2,1-2H3,(H,14,15). The highest BCUT2D eigenvalue weighted by molar-refractivity contribution is 6.32. The van der Waals surface area contributed by atoms with Crippen LogP contribution in [0.5, 0.6) is 5.75 Å². The predicted octanol–water partition coefficient (Wildman–Crippen LogP) is 3.17. The summed E-state index contributed by atoms with van der Waals surface area (Å²) in [4.78, 5) is 10.6. The number of ether oxygens (including phenoxy) is 1. The molecule has 0 saturated carbocycles. The molecule has 1 rings (SSSR count). The van der Waals surface area contributed by atoms with Gasteiger partial charge >= 0.3 is 5.97 Å². The van der Waals surface area contributed by atoms with Crippen LogP contribution in [0.2, 0.25) is 5.02 Å². The summed E-state index contributed by atoms with van der Waals surface area (Å²) in [6, 6.07) is 4.04. The second kappa shape index (κ2) is 4.70. The van der Waals surface area contributed by atoms with Gasteiger partial charge in [0.25, 0.3) is 0 Å². The van der Waals surface area contributed by atoms with E-state index in [1.165, 1.54) is 32.0 Å². The van der Waals surface area contributed by atoms with E-state index in [1.807, 2.05) is 0 Å². The number of alkyl halides is 1. The first-order valence-corrected chi connectivity index (χ1v) is 5.02. The summed E-state index contributed by atoms with van der Waals surface area (Å²) in [6.45, 7) is 2.62. The van der Waals surface area contributed by atoms with Crippen molar-refractivity contribution < 1.29 is 19.0 Å². The molecule has 1 N–H and O–H groups in total. The smallest absolute Gasteiger partial charge is 0.335 e. The zero-order valence-electron chi connectivity index (χ0n) is 8.96. The molecule has 0 amide bonds. The predicted molar refractivity (Wildman–Crippen MR) is 59.1 cm³/mol. The van der Waals surface area contributed by atoms with E-state index in [9.17, 15) is 9.18 Å². The molecule has 0 aliphatic heterocycles. The minimum absolute atomic E-state index is 0.0665. The van der Waals surface area contributed by atoms with E-state index >= 15 is 0 Å². The van der Waals surface area contributed by atoms with Crippen LogP contribution < -0.4 is 4.74 Å². The topological polar surface area (TPSA) is 46.5 Å². The lowest BCUT2D eigenvalue weighted by Crippen LogP contribution is -2.22. The van der Waals surface area contributed by atoms with Crippen molar-refractivity contribution in [3.63, 3.8) is 0 Å². The van der Waals surface area contributed by atoms with Crippen molar-refractivity contribution in [3.8, 4) is 5.75 Å². The summed E-state index contributed by atoms with van der Waals surface area (Å²) >= 11 is 5.79. The molecule has 0 radical (unpaired) electrons. The largest absolute Gasteiger partial charge is 0.489 e. The summed E-state index contributed by atoms with van der Waals surface area (Å²) in [6.07, 6.45) is 0. The Kier molecular flexibility index (Phi) is 3.75. The molecule has 1 aromatic carbocycles. The summed E-state index contributed by atoms with van der Waals surface area (Å²) in [5.41, 5.74) is -1.40. The number of hydrogen-bond donors (Lipinski definition) is 1. The molecule has 0 aliphatic rings. The van der Waals surface area contributed by atoms with Gasteiger partial charge in [0, 0.05) is 0 Å². The number of carbonyl (C=O) groups is 1. The first-order valence-electron chi connectivity index (χ1n) is 4.64. The Morgan fingerprint density at radius 1 is 1.56 bits per heavy atom. The first kappa shape index (κ1) is 12.8. The second-order valence-electron chi connectivity index (χ2n) is 3.96. The van der Waals surface area contributed by atoms with Crippen LogP contribution in [0.4, 0.5) is 4.39 Å². The molecule has 0 bridgehead atoms. The molecule has 0 spiro atoms. The van der Waals surface area contributed by atoms with Crippen LogP contribution in [0, 0.1) is 0 Å². The number of aromatic carboxylic acids is 1. The highest BCUT2D eigenvalue weighted by atomic mass is 35.5. The summed E-state index contributed by atoms with van der Waals surface area (Å²) in [7, 11) is 0. The summed E-state index contributed by atoms with van der Waals surface area (Å²) < 4.78 is 18.3. The van der Waals surface area contributed by atoms with E-state index in [0.717, 1.165) is 0 Å². The average molecular weight is 247 g/mol. The lowest BCUT2D eigenvalue weighted by atomic mass is 10.2. The van der Waals surface area contributed by atoms with Gasteiger partial charge in [-0.2, -0.15) is 0 Å². The van der Waals surface area contributed by atoms with Crippen LogP contribution in [0.15, 0.2) is 18.2 Å². The maximum absolute atomic E-state index is 13.2. The van der Waals surface area contributed by atoms with Gasteiger partial charge in [0.15, 0.2) is 0 Å². The SMILES string of the molecule is CC(C)(F)COc1ccc(C(=O)O)cc1Cl. The Hall–Kier alpha value is -1.29. The molecule has 0 aromatic heterocycles. The third-order valence-electron chi connectivity index (χ3n) is 1.75. The van der Waals surface area contributed by atoms with E-state index in [1.54, 1.807) is 0 Å². The number of halogens is 2. The van der Waals surface area contributed by atoms with Crippen LogP contribution in [-0.4, -0.2) is 23.4 Å². The normalized spacial score (nSPS) is 11.2. The van der Waals surface area contributed by atoms with Crippen LogP contribution in [0.1, 0.15) is 24.2 Å². The van der Waals surface area contributed by atoms with Gasteiger partial charge in [-0.1, -0.05) is 11.6 Å². The number of carboxylic acid groups (broad SMARTS) is 1. The third kappa shape index (κ3) is 3.70. The van der Waals surface area contributed by atoms with Crippen LogP contribution in [-0.2, 0) is 0 Å². The van der Waals surface area contributed by atoms with Crippen molar-refractivity contribution in [2.75, 3.05) is 6.61 Å². The Morgan fingerprint density at radius 2 is 2.19 bits per heavy atom. The highest BCUT2D eigenvalue weighted by Crippen LogP contribution is 2.26. The van der Waals surface area contributed by atoms with Crippen molar-refractivity contribution in [1.82, 2.24) is 0 Å². The van der Waals surface area contributed by atoms with Gasteiger partial charge in [0.1, 0.15) is 18.0 Å². The molecule has 0 aliphatic carbocycles. The van der Waals surface area contributed by atoms with Gasteiger partial charge in [0.2, 0.25) is 0 Å². The molecule has 88 valence electrons. The highest BCUT2D eigenvalue weighted by Gasteiger charge is 2.17. The Morgan fingerprint density at radius 3 is 2.62 bits per heavy atom. The summed E-state index contributed by atoms with van der Waals surface area (Å²) in [5.74, 6) is -0.795. The fourth-order valence-electron chi connectivity index (χ4n) is 1.00. The van der Waals surface area contributed by atoms with E-state index in [0.29, 0.717) is 0 Å². The zero-order chi connectivity index (χ0) is 12.3. The fourth-order valence-corrected chi connectivity index (χ4v) is 1.24. The van der Waals surface area contributed by atoms with Gasteiger partial charge in [-0.3, -0.25) is 0 Å². The molecular weight excluding hydrogens is 235 g/mol. The van der Waals surface area contributed by atoms with Crippen LogP contribution >= 0.6 is 11.6 Å². The van der Waals surface area contributed by atoms with Crippen molar-refractivity contribution in [3.05, 3.63) is 28.8 Å². The molecule has 1 aromatic rings. The third-order valence-corrected chi connectivity index (χ3v) is 2.05. The van der Waals surface area contributed by atoms with Crippen molar-refractivity contribution >= 4 is 17.6 Å². The van der Waals surface area contributed by atoms with E-state index in [-0.39, 0.29) is 22.9 Å². The maximum atomic E-state index is 13.2. The number of benzene rings is 1. The molecule has 0 saturated heterocycles. The molecule has 0 fully saturated rings. The molecule has 16 heavy (non-hydrogen) atoms. The van der Waals surface area contributed by atoms with Crippen molar-refractivity contribution in [1.29, 1.82) is 0 Å². The molecule has 0 atom stereocenters. The van der Waals surface area contributed by atoms with Crippen molar-refractivity contribution in [2.45, 2.75) is 19.5 Å². The minimum atomic E-state index is -1.46. The fraction of sp³-hybridized carbons (Fsp3) is 0.364. The van der Waals surface area contributed by atoms with Crippen LogP contribution in [0.25, 0.3) is 0 Å². The Bertz CT molecular complexity index is 399. The number of rotatable bonds is 4. The summed E-state index contributed by atoms with van der Waals surface area (Å²) in [5, 5.41) is 8.86. The van der Waals surface area contributed by atoms with Gasteiger partial charge in [-0.05, 0) is 32.0 Å². The van der Waals surface area contributed by atoms with Gasteiger partial charge in [-0.15, -0.1) is 0 Å². The monoisotopic (exact) mass is 246 g/mol. The molecule has 0 unspecified atom stereocenters. The van der Waals surface area contributed by atoms with E-state index < -0.39 is 11.6 Å². The molecule has 5 heteroatoms. The van der Waals surface area contributed by atoms with Gasteiger partial charge in [0.05, 0.1) is 10.6 Å². The van der Waals surface area contributed by atoms with Gasteiger partial charge < -0.3 is 9.84 Å². The quantitative estimate of drug-likeness (QED) is 0.888. The Balaban J connectivity index is 2.80. The Labute approximate surface area is 97.8 Å².